The fraction of sp³-hybridized carbons (Fsp3) is 0.0526. The van der Waals surface area contributed by atoms with Crippen LogP contribution in [0.4, 0.5) is 5.69 Å². The Balaban J connectivity index is 1.68. The number of nitrogens with zero attached hydrogens (tertiary/aromatic N) is 2. The second-order valence-corrected chi connectivity index (χ2v) is 8.85. The predicted octanol–water partition coefficient (Wildman–Crippen LogP) is 5.36. The number of aromatic nitrogens is 2. The Morgan fingerprint density at radius 1 is 1.30 bits per heavy atom. The van der Waals surface area contributed by atoms with Crippen molar-refractivity contribution in [3.8, 4) is 5.88 Å². The molecule has 0 atom stereocenters. The number of hydrogen-bond donors (Lipinski definition) is 2. The van der Waals surface area contributed by atoms with Crippen molar-refractivity contribution in [2.75, 3.05) is 5.32 Å². The van der Waals surface area contributed by atoms with E-state index >= 15 is 0 Å². The Morgan fingerprint density at radius 2 is 2.15 bits per heavy atom. The van der Waals surface area contributed by atoms with Gasteiger partial charge >= 0.3 is 0 Å². The Morgan fingerprint density at radius 3 is 2.89 bits per heavy atom. The van der Waals surface area contributed by atoms with E-state index in [1.54, 1.807) is 35.2 Å². The zero-order valence-corrected chi connectivity index (χ0v) is 17.5. The number of carbonyl (C=O) groups excluding carboxylic acids is 1. The molecule has 136 valence electrons. The SMILES string of the molecule is O=C(Nc1ccnc2cn(Cc3cccc(I)c3)c(O)c12)c1ccc(Cl)s1. The maximum atomic E-state index is 12.4. The monoisotopic (exact) mass is 509 g/mol. The highest BCUT2D eigenvalue weighted by atomic mass is 127. The molecule has 0 aliphatic heterocycles. The van der Waals surface area contributed by atoms with Crippen molar-refractivity contribution in [3.05, 3.63) is 73.2 Å². The second kappa shape index (κ2) is 7.49. The average molecular weight is 510 g/mol. The topological polar surface area (TPSA) is 67.2 Å². The van der Waals surface area contributed by atoms with Gasteiger partial charge in [-0.05, 0) is 58.5 Å². The van der Waals surface area contributed by atoms with Crippen LogP contribution >= 0.6 is 45.5 Å². The summed E-state index contributed by atoms with van der Waals surface area (Å²) in [7, 11) is 0. The highest BCUT2D eigenvalue weighted by molar-refractivity contribution is 14.1. The van der Waals surface area contributed by atoms with Gasteiger partial charge in [-0.2, -0.15) is 0 Å². The lowest BCUT2D eigenvalue weighted by Gasteiger charge is -2.07. The van der Waals surface area contributed by atoms with Crippen LogP contribution in [0.2, 0.25) is 4.34 Å². The minimum absolute atomic E-state index is 0.0662. The van der Waals surface area contributed by atoms with Crippen molar-refractivity contribution < 1.29 is 9.90 Å². The van der Waals surface area contributed by atoms with E-state index in [1.165, 1.54) is 11.3 Å². The lowest BCUT2D eigenvalue weighted by molar-refractivity contribution is 0.103. The summed E-state index contributed by atoms with van der Waals surface area (Å²) in [6.45, 7) is 0.507. The van der Waals surface area contributed by atoms with Crippen LogP contribution in [0.1, 0.15) is 15.2 Å². The lowest BCUT2D eigenvalue weighted by Crippen LogP contribution is -2.10. The van der Waals surface area contributed by atoms with Crippen LogP contribution in [0.5, 0.6) is 5.88 Å². The van der Waals surface area contributed by atoms with Gasteiger partial charge in [0, 0.05) is 16.0 Å². The number of thiophene rings is 1. The molecule has 2 N–H and O–H groups in total. The van der Waals surface area contributed by atoms with E-state index in [0.29, 0.717) is 32.3 Å². The summed E-state index contributed by atoms with van der Waals surface area (Å²) in [5, 5.41) is 14.1. The molecule has 0 spiro atoms. The molecule has 1 amide bonds. The van der Waals surface area contributed by atoms with E-state index in [9.17, 15) is 9.90 Å². The number of rotatable bonds is 4. The van der Waals surface area contributed by atoms with Crippen LogP contribution in [0, 0.1) is 3.57 Å². The molecule has 0 saturated carbocycles. The molecule has 8 heteroatoms. The quantitative estimate of drug-likeness (QED) is 0.364. The second-order valence-electron chi connectivity index (χ2n) is 5.89. The molecule has 0 fully saturated rings. The molecule has 3 heterocycles. The Hall–Kier alpha value is -2.10. The number of pyridine rings is 1. The van der Waals surface area contributed by atoms with Crippen LogP contribution in [-0.4, -0.2) is 20.6 Å². The number of anilines is 1. The number of fused-ring (bicyclic) bond motifs is 1. The largest absolute Gasteiger partial charge is 0.494 e. The third kappa shape index (κ3) is 3.80. The summed E-state index contributed by atoms with van der Waals surface area (Å²) < 4.78 is 3.40. The normalized spacial score (nSPS) is 11.0. The number of carbonyl (C=O) groups is 1. The summed E-state index contributed by atoms with van der Waals surface area (Å²) in [5.74, 6) is -0.208. The minimum atomic E-state index is -0.274. The molecule has 0 aliphatic carbocycles. The van der Waals surface area contributed by atoms with Gasteiger partial charge in [-0.25, -0.2) is 0 Å². The van der Waals surface area contributed by atoms with Crippen molar-refractivity contribution in [1.82, 2.24) is 9.55 Å². The maximum Gasteiger partial charge on any atom is 0.265 e. The molecule has 0 saturated heterocycles. The first-order valence-corrected chi connectivity index (χ1v) is 10.3. The smallest absolute Gasteiger partial charge is 0.265 e. The van der Waals surface area contributed by atoms with Crippen LogP contribution in [0.3, 0.4) is 0 Å². The first kappa shape index (κ1) is 18.3. The minimum Gasteiger partial charge on any atom is -0.494 e. The van der Waals surface area contributed by atoms with Gasteiger partial charge in [-0.3, -0.25) is 9.78 Å². The van der Waals surface area contributed by atoms with Crippen molar-refractivity contribution in [1.29, 1.82) is 0 Å². The van der Waals surface area contributed by atoms with E-state index in [4.69, 9.17) is 11.6 Å². The summed E-state index contributed by atoms with van der Waals surface area (Å²) >= 11 is 9.36. The van der Waals surface area contributed by atoms with Gasteiger partial charge in [-0.1, -0.05) is 23.7 Å². The van der Waals surface area contributed by atoms with Gasteiger partial charge < -0.3 is 15.0 Å². The van der Waals surface area contributed by atoms with Crippen molar-refractivity contribution in [3.63, 3.8) is 0 Å². The highest BCUT2D eigenvalue weighted by Crippen LogP contribution is 2.33. The number of halogens is 2. The first-order valence-electron chi connectivity index (χ1n) is 7.99. The molecule has 27 heavy (non-hydrogen) atoms. The summed E-state index contributed by atoms with van der Waals surface area (Å²) in [6, 6.07) is 13.1. The molecule has 4 rings (SSSR count). The third-order valence-electron chi connectivity index (χ3n) is 4.04. The first-order chi connectivity index (χ1) is 13.0. The molecule has 0 unspecified atom stereocenters. The zero-order valence-electron chi connectivity index (χ0n) is 13.8. The van der Waals surface area contributed by atoms with Crippen LogP contribution in [0.25, 0.3) is 10.9 Å². The number of hydrogen-bond acceptors (Lipinski definition) is 4. The number of benzene rings is 1. The molecule has 4 aromatic rings. The fourth-order valence-electron chi connectivity index (χ4n) is 2.84. The zero-order chi connectivity index (χ0) is 19.0. The average Bonchev–Trinajstić information content (AvgIpc) is 3.20. The van der Waals surface area contributed by atoms with Crippen LogP contribution in [-0.2, 0) is 6.54 Å². The fourth-order valence-corrected chi connectivity index (χ4v) is 4.39. The molecule has 0 radical (unpaired) electrons. The van der Waals surface area contributed by atoms with E-state index in [0.717, 1.165) is 9.13 Å². The molecular weight excluding hydrogens is 497 g/mol. The van der Waals surface area contributed by atoms with Gasteiger partial charge in [0.05, 0.1) is 32.3 Å². The predicted molar refractivity (Wildman–Crippen MR) is 117 cm³/mol. The van der Waals surface area contributed by atoms with E-state index < -0.39 is 0 Å². The molecule has 5 nitrogen and oxygen atoms in total. The van der Waals surface area contributed by atoms with Gasteiger partial charge in [0.15, 0.2) is 0 Å². The van der Waals surface area contributed by atoms with Crippen molar-refractivity contribution in [2.45, 2.75) is 6.54 Å². The number of aromatic hydroxyl groups is 1. The summed E-state index contributed by atoms with van der Waals surface area (Å²) in [4.78, 5) is 17.3. The van der Waals surface area contributed by atoms with Gasteiger partial charge in [-0.15, -0.1) is 11.3 Å². The van der Waals surface area contributed by atoms with Gasteiger partial charge in [0.2, 0.25) is 5.88 Å². The summed E-state index contributed by atoms with van der Waals surface area (Å²) in [5.41, 5.74) is 2.19. The summed E-state index contributed by atoms with van der Waals surface area (Å²) in [6.07, 6.45) is 3.39. The van der Waals surface area contributed by atoms with E-state index in [2.05, 4.69) is 39.0 Å². The molecule has 0 aliphatic rings. The van der Waals surface area contributed by atoms with Crippen molar-refractivity contribution in [2.24, 2.45) is 0 Å². The van der Waals surface area contributed by atoms with E-state index in [1.807, 2.05) is 18.2 Å². The van der Waals surface area contributed by atoms with Gasteiger partial charge in [0.1, 0.15) is 0 Å². The molecule has 1 aromatic carbocycles. The molecular formula is C19H13ClIN3O2S. The lowest BCUT2D eigenvalue weighted by atomic mass is 10.2. The standard InChI is InChI=1S/C19H13ClIN3O2S/c20-16-5-4-15(27-16)18(25)23-13-6-7-22-14-10-24(19(26)17(13)14)9-11-2-1-3-12(21)8-11/h1-8,10,26H,9H2,(H,23,25). The maximum absolute atomic E-state index is 12.4. The van der Waals surface area contributed by atoms with Gasteiger partial charge in [0.25, 0.3) is 5.91 Å². The molecule has 3 aromatic heterocycles. The Labute approximate surface area is 177 Å². The molecule has 0 bridgehead atoms. The van der Waals surface area contributed by atoms with E-state index in [-0.39, 0.29) is 11.8 Å². The third-order valence-corrected chi connectivity index (χ3v) is 5.94. The Bertz CT molecular complexity index is 1160. The number of nitrogens with one attached hydrogen (secondary N) is 1. The highest BCUT2D eigenvalue weighted by Gasteiger charge is 2.17. The number of amides is 1. The van der Waals surface area contributed by atoms with Crippen molar-refractivity contribution >= 4 is 68.0 Å². The van der Waals surface area contributed by atoms with Crippen LogP contribution < -0.4 is 5.32 Å². The van der Waals surface area contributed by atoms with Crippen LogP contribution in [0.15, 0.2) is 54.9 Å². The Kier molecular flexibility index (Phi) is 5.07.